The third-order valence-electron chi connectivity index (χ3n) is 6.36. The molecule has 0 atom stereocenters. The highest BCUT2D eigenvalue weighted by Gasteiger charge is 2.54. The zero-order chi connectivity index (χ0) is 24.6. The quantitative estimate of drug-likeness (QED) is 0.503. The topological polar surface area (TPSA) is 92.4 Å². The Kier molecular flexibility index (Phi) is 6.00. The minimum Gasteiger partial charge on any atom is -0.415 e. The van der Waals surface area contributed by atoms with Crippen molar-refractivity contribution in [2.75, 3.05) is 18.0 Å². The third-order valence-corrected chi connectivity index (χ3v) is 6.36. The number of hydrogen-bond donors (Lipinski definition) is 0. The number of anilines is 1. The minimum atomic E-state index is -2.88. The maximum absolute atomic E-state index is 15.6. The summed E-state index contributed by atoms with van der Waals surface area (Å²) in [6.07, 6.45) is 1.10. The van der Waals surface area contributed by atoms with E-state index in [1.165, 1.54) is 16.0 Å². The first-order valence-corrected chi connectivity index (χ1v) is 11.3. The van der Waals surface area contributed by atoms with Crippen molar-refractivity contribution in [2.24, 2.45) is 5.92 Å². The van der Waals surface area contributed by atoms with Gasteiger partial charge in [-0.05, 0) is 37.1 Å². The van der Waals surface area contributed by atoms with Crippen molar-refractivity contribution >= 4 is 17.5 Å². The Morgan fingerprint density at radius 2 is 1.86 bits per heavy atom. The molecule has 11 heteroatoms. The number of carbonyl (C=O) groups excluding carboxylic acids is 2. The molecule has 2 aromatic heterocycles. The van der Waals surface area contributed by atoms with Crippen molar-refractivity contribution in [1.82, 2.24) is 20.1 Å². The first kappa shape index (κ1) is 23.0. The number of aromatic nitrogens is 3. The number of halogens is 3. The van der Waals surface area contributed by atoms with Gasteiger partial charge in [-0.15, -0.1) is 10.2 Å². The maximum Gasteiger partial charge on any atom is 0.314 e. The molecule has 2 fully saturated rings. The van der Waals surface area contributed by atoms with E-state index in [4.69, 9.17) is 4.42 Å². The van der Waals surface area contributed by atoms with Crippen LogP contribution in [0.25, 0.3) is 11.5 Å². The van der Waals surface area contributed by atoms with Gasteiger partial charge in [0.2, 0.25) is 17.5 Å². The Balaban J connectivity index is 1.32. The van der Waals surface area contributed by atoms with Crippen LogP contribution in [0.2, 0.25) is 0 Å². The van der Waals surface area contributed by atoms with Crippen LogP contribution in [-0.2, 0) is 16.1 Å². The van der Waals surface area contributed by atoms with E-state index in [1.807, 2.05) is 0 Å². The molecule has 1 saturated carbocycles. The molecule has 3 heterocycles. The van der Waals surface area contributed by atoms with E-state index in [-0.39, 0.29) is 37.4 Å². The van der Waals surface area contributed by atoms with E-state index in [9.17, 15) is 18.4 Å². The number of amides is 2. The number of carbonyl (C=O) groups is 2. The van der Waals surface area contributed by atoms with Crippen molar-refractivity contribution in [3.8, 4) is 11.5 Å². The van der Waals surface area contributed by atoms with Crippen molar-refractivity contribution in [2.45, 2.75) is 37.9 Å². The molecule has 5 rings (SSSR count). The Bertz CT molecular complexity index is 1210. The molecule has 2 aliphatic rings. The second kappa shape index (κ2) is 9.12. The van der Waals surface area contributed by atoms with Gasteiger partial charge in [0.25, 0.3) is 11.8 Å². The predicted molar refractivity (Wildman–Crippen MR) is 118 cm³/mol. The van der Waals surface area contributed by atoms with Crippen molar-refractivity contribution < 1.29 is 27.2 Å². The van der Waals surface area contributed by atoms with Gasteiger partial charge in [-0.1, -0.05) is 24.6 Å². The molecule has 1 aliphatic heterocycles. The van der Waals surface area contributed by atoms with Gasteiger partial charge in [-0.3, -0.25) is 14.6 Å². The summed E-state index contributed by atoms with van der Waals surface area (Å²) in [6.45, 7) is -0.557. The Labute approximate surface area is 198 Å². The lowest BCUT2D eigenvalue weighted by atomic mass is 9.82. The van der Waals surface area contributed by atoms with Crippen molar-refractivity contribution in [3.63, 3.8) is 0 Å². The Morgan fingerprint density at radius 1 is 1.11 bits per heavy atom. The lowest BCUT2D eigenvalue weighted by Gasteiger charge is -2.47. The largest absolute Gasteiger partial charge is 0.415 e. The van der Waals surface area contributed by atoms with Gasteiger partial charge in [0, 0.05) is 17.8 Å². The molecule has 8 nitrogen and oxygen atoms in total. The summed E-state index contributed by atoms with van der Waals surface area (Å²) >= 11 is 0. The van der Waals surface area contributed by atoms with Gasteiger partial charge >= 0.3 is 6.43 Å². The van der Waals surface area contributed by atoms with E-state index < -0.39 is 23.9 Å². The van der Waals surface area contributed by atoms with Crippen LogP contribution < -0.4 is 4.90 Å². The van der Waals surface area contributed by atoms with Crippen LogP contribution in [0.4, 0.5) is 18.9 Å². The van der Waals surface area contributed by atoms with Gasteiger partial charge in [0.15, 0.2) is 0 Å². The third kappa shape index (κ3) is 4.50. The molecular formula is C24H22F3N5O3. The summed E-state index contributed by atoms with van der Waals surface area (Å²) in [5.74, 6) is -1.78. The number of benzene rings is 1. The Morgan fingerprint density at radius 3 is 2.43 bits per heavy atom. The lowest BCUT2D eigenvalue weighted by molar-refractivity contribution is -0.159. The SMILES string of the molecule is O=C(C1CCC1)N1CC(F)(C(=O)N(Cc2ccc(-c3nnc(C(F)F)o3)cn2)c2ccccc2)C1. The highest BCUT2D eigenvalue weighted by molar-refractivity contribution is 6.01. The first-order chi connectivity index (χ1) is 16.8. The fraction of sp³-hybridized carbons (Fsp3) is 0.375. The summed E-state index contributed by atoms with van der Waals surface area (Å²) in [5.41, 5.74) is -0.922. The summed E-state index contributed by atoms with van der Waals surface area (Å²) in [4.78, 5) is 32.7. The van der Waals surface area contributed by atoms with Crippen molar-refractivity contribution in [1.29, 1.82) is 0 Å². The highest BCUT2D eigenvalue weighted by Crippen LogP contribution is 2.35. The number of hydrogen-bond acceptors (Lipinski definition) is 6. The standard InChI is InChI=1S/C24H22F3N5O3/c25-19(26)21-30-29-20(35-21)16-9-10-17(28-11-16)12-32(18-7-2-1-3-8-18)23(34)24(27)13-31(14-24)22(33)15-5-4-6-15/h1-3,7-11,15,19H,4-6,12-14H2. The van der Waals surface area contributed by atoms with E-state index in [0.29, 0.717) is 16.9 Å². The maximum atomic E-state index is 15.6. The summed E-state index contributed by atoms with van der Waals surface area (Å²) in [7, 11) is 0. The smallest absolute Gasteiger partial charge is 0.314 e. The lowest BCUT2D eigenvalue weighted by Crippen LogP contribution is -2.68. The molecule has 1 saturated heterocycles. The molecule has 35 heavy (non-hydrogen) atoms. The van der Waals surface area contributed by atoms with E-state index in [2.05, 4.69) is 15.2 Å². The van der Waals surface area contributed by atoms with Crippen molar-refractivity contribution in [3.05, 3.63) is 60.2 Å². The number of likely N-dealkylation sites (tertiary alicyclic amines) is 1. The number of alkyl halides is 3. The summed E-state index contributed by atoms with van der Waals surface area (Å²) in [5, 5.41) is 6.88. The molecule has 0 radical (unpaired) electrons. The first-order valence-electron chi connectivity index (χ1n) is 11.3. The molecule has 182 valence electrons. The van der Waals surface area contributed by atoms with Crippen LogP contribution in [0.5, 0.6) is 0 Å². The average Bonchev–Trinajstić information content (AvgIpc) is 3.30. The molecule has 2 amide bonds. The van der Waals surface area contributed by atoms with E-state index in [0.717, 1.165) is 19.3 Å². The molecule has 1 aromatic carbocycles. The number of rotatable bonds is 7. The van der Waals surface area contributed by atoms with Crippen LogP contribution in [-0.4, -0.2) is 50.7 Å². The van der Waals surface area contributed by atoms with Crippen LogP contribution in [0.15, 0.2) is 53.1 Å². The normalized spacial score (nSPS) is 17.1. The highest BCUT2D eigenvalue weighted by atomic mass is 19.3. The molecular weight excluding hydrogens is 463 g/mol. The average molecular weight is 485 g/mol. The monoisotopic (exact) mass is 485 g/mol. The zero-order valence-electron chi connectivity index (χ0n) is 18.6. The number of nitrogens with zero attached hydrogens (tertiary/aromatic N) is 5. The minimum absolute atomic E-state index is 0.0303. The second-order valence-corrected chi connectivity index (χ2v) is 8.80. The second-order valence-electron chi connectivity index (χ2n) is 8.80. The molecule has 0 N–H and O–H groups in total. The van der Waals surface area contributed by atoms with Gasteiger partial charge in [-0.2, -0.15) is 8.78 Å². The predicted octanol–water partition coefficient (Wildman–Crippen LogP) is 3.95. The van der Waals surface area contributed by atoms with Gasteiger partial charge < -0.3 is 14.2 Å². The molecule has 0 bridgehead atoms. The molecule has 0 unspecified atom stereocenters. The van der Waals surface area contributed by atoms with Gasteiger partial charge in [0.1, 0.15) is 0 Å². The van der Waals surface area contributed by atoms with Gasteiger partial charge in [0.05, 0.1) is 30.9 Å². The van der Waals surface area contributed by atoms with E-state index in [1.54, 1.807) is 42.5 Å². The number of pyridine rings is 1. The molecule has 1 aliphatic carbocycles. The fourth-order valence-corrected chi connectivity index (χ4v) is 4.14. The van der Waals surface area contributed by atoms with Crippen LogP contribution in [0, 0.1) is 5.92 Å². The van der Waals surface area contributed by atoms with E-state index >= 15 is 4.39 Å². The van der Waals surface area contributed by atoms with Crippen LogP contribution in [0.3, 0.4) is 0 Å². The molecule has 0 spiro atoms. The molecule has 3 aromatic rings. The zero-order valence-corrected chi connectivity index (χ0v) is 18.6. The fourth-order valence-electron chi connectivity index (χ4n) is 4.14. The number of para-hydroxylation sites is 1. The summed E-state index contributed by atoms with van der Waals surface area (Å²) < 4.78 is 45.9. The van der Waals surface area contributed by atoms with Gasteiger partial charge in [-0.25, -0.2) is 4.39 Å². The summed E-state index contributed by atoms with van der Waals surface area (Å²) in [6, 6.07) is 11.8. The van der Waals surface area contributed by atoms with Crippen LogP contribution >= 0.6 is 0 Å². The van der Waals surface area contributed by atoms with Crippen LogP contribution in [0.1, 0.15) is 37.3 Å². The Hall–Kier alpha value is -3.76.